The Labute approximate surface area is 75.6 Å². The molecule has 0 aliphatic heterocycles. The van der Waals surface area contributed by atoms with Crippen molar-refractivity contribution >= 4 is 22.6 Å². The van der Waals surface area contributed by atoms with Crippen LogP contribution in [0.25, 0.3) is 0 Å². The average molecular weight is 270 g/mol. The minimum Gasteiger partial charge on any atom is -0.166 e. The van der Waals surface area contributed by atoms with Crippen molar-refractivity contribution in [2.24, 2.45) is 0 Å². The molecule has 0 unspecified atom stereocenters. The van der Waals surface area contributed by atoms with Crippen LogP contribution >= 0.6 is 22.6 Å². The standard InChI is InChI=1S/C7H2F3I/c8-7(9,10)5-3-1-2-4-6(5)11/h3-4H. The zero-order valence-electron chi connectivity index (χ0n) is 5.17. The number of rotatable bonds is 0. The highest BCUT2D eigenvalue weighted by Crippen LogP contribution is 2.31. The summed E-state index contributed by atoms with van der Waals surface area (Å²) in [5.74, 6) is 0. The molecule has 58 valence electrons. The fourth-order valence-electron chi connectivity index (χ4n) is 0.583. The molecule has 0 saturated heterocycles. The highest BCUT2D eigenvalue weighted by Gasteiger charge is 2.32. The second-order valence-corrected chi connectivity index (χ2v) is 3.00. The van der Waals surface area contributed by atoms with Crippen molar-refractivity contribution in [3.63, 3.8) is 0 Å². The molecule has 1 aromatic carbocycles. The molecule has 0 aliphatic carbocycles. The van der Waals surface area contributed by atoms with Gasteiger partial charge in [0.05, 0.1) is 5.56 Å². The van der Waals surface area contributed by atoms with Crippen LogP contribution in [-0.2, 0) is 6.18 Å². The summed E-state index contributed by atoms with van der Waals surface area (Å²) in [4.78, 5) is 0. The van der Waals surface area contributed by atoms with Crippen molar-refractivity contribution in [3.8, 4) is 0 Å². The molecule has 0 spiro atoms. The quantitative estimate of drug-likeness (QED) is 0.636. The monoisotopic (exact) mass is 270 g/mol. The van der Waals surface area contributed by atoms with E-state index in [1.54, 1.807) is 22.6 Å². The molecule has 11 heavy (non-hydrogen) atoms. The van der Waals surface area contributed by atoms with E-state index in [2.05, 4.69) is 12.1 Å². The van der Waals surface area contributed by atoms with Crippen LogP contribution in [-0.4, -0.2) is 0 Å². The number of halogens is 4. The lowest BCUT2D eigenvalue weighted by atomic mass is 10.2. The summed E-state index contributed by atoms with van der Waals surface area (Å²) in [6.45, 7) is 0. The van der Waals surface area contributed by atoms with Gasteiger partial charge in [0.25, 0.3) is 0 Å². The van der Waals surface area contributed by atoms with E-state index < -0.39 is 11.7 Å². The van der Waals surface area contributed by atoms with Crippen LogP contribution in [0.4, 0.5) is 13.2 Å². The Morgan fingerprint density at radius 2 is 1.73 bits per heavy atom. The van der Waals surface area contributed by atoms with E-state index in [1.165, 1.54) is 6.07 Å². The van der Waals surface area contributed by atoms with Gasteiger partial charge >= 0.3 is 6.18 Å². The summed E-state index contributed by atoms with van der Waals surface area (Å²) in [5, 5.41) is 0. The molecule has 0 amide bonds. The van der Waals surface area contributed by atoms with Crippen molar-refractivity contribution < 1.29 is 13.2 Å². The van der Waals surface area contributed by atoms with Crippen LogP contribution in [0.3, 0.4) is 0 Å². The maximum absolute atomic E-state index is 12.0. The van der Waals surface area contributed by atoms with Gasteiger partial charge in [0, 0.05) is 15.7 Å². The Balaban J connectivity index is 3.14. The summed E-state index contributed by atoms with van der Waals surface area (Å²) in [6, 6.07) is 6.84. The molecular formula is C7H2F3I. The van der Waals surface area contributed by atoms with Crippen molar-refractivity contribution in [3.05, 3.63) is 33.4 Å². The zero-order chi connectivity index (χ0) is 8.48. The van der Waals surface area contributed by atoms with Gasteiger partial charge in [-0.25, -0.2) is 0 Å². The first-order chi connectivity index (χ1) is 5.02. The molecule has 0 N–H and O–H groups in total. The van der Waals surface area contributed by atoms with E-state index in [0.29, 0.717) is 0 Å². The lowest BCUT2D eigenvalue weighted by Gasteiger charge is -2.05. The SMILES string of the molecule is FC(F)(F)c1cc#ccc1I. The molecule has 1 rings (SSSR count). The van der Waals surface area contributed by atoms with Crippen molar-refractivity contribution in [1.29, 1.82) is 0 Å². The van der Waals surface area contributed by atoms with Gasteiger partial charge in [-0.3, -0.25) is 0 Å². The molecule has 0 heterocycles. The zero-order valence-corrected chi connectivity index (χ0v) is 7.32. The van der Waals surface area contributed by atoms with E-state index >= 15 is 0 Å². The molecule has 0 atom stereocenters. The lowest BCUT2D eigenvalue weighted by Crippen LogP contribution is -2.06. The first-order valence-electron chi connectivity index (χ1n) is 2.66. The van der Waals surface area contributed by atoms with Crippen LogP contribution in [0.15, 0.2) is 12.1 Å². The summed E-state index contributed by atoms with van der Waals surface area (Å²) in [5.41, 5.74) is -0.656. The summed E-state index contributed by atoms with van der Waals surface area (Å²) in [7, 11) is 0. The fraction of sp³-hybridized carbons (Fsp3) is 0.143. The van der Waals surface area contributed by atoms with Gasteiger partial charge in [-0.15, -0.1) is 0 Å². The molecular weight excluding hydrogens is 268 g/mol. The van der Waals surface area contributed by atoms with E-state index in [-0.39, 0.29) is 3.57 Å². The highest BCUT2D eigenvalue weighted by atomic mass is 127. The highest BCUT2D eigenvalue weighted by molar-refractivity contribution is 14.1. The Hall–Kier alpha value is -0.440. The smallest absolute Gasteiger partial charge is 0.166 e. The second-order valence-electron chi connectivity index (χ2n) is 1.84. The molecule has 0 aliphatic rings. The average Bonchev–Trinajstić information content (AvgIpc) is 1.86. The summed E-state index contributed by atoms with van der Waals surface area (Å²) in [6.07, 6.45) is -4.28. The number of hydrogen-bond donors (Lipinski definition) is 0. The predicted molar refractivity (Wildman–Crippen MR) is 41.8 cm³/mol. The Morgan fingerprint density at radius 1 is 1.18 bits per heavy atom. The van der Waals surface area contributed by atoms with Crippen molar-refractivity contribution in [1.82, 2.24) is 0 Å². The van der Waals surface area contributed by atoms with Gasteiger partial charge in [0.2, 0.25) is 0 Å². The Morgan fingerprint density at radius 3 is 2.09 bits per heavy atom. The van der Waals surface area contributed by atoms with Crippen LogP contribution in [0, 0.1) is 15.7 Å². The van der Waals surface area contributed by atoms with Crippen LogP contribution in [0.5, 0.6) is 0 Å². The van der Waals surface area contributed by atoms with Gasteiger partial charge in [0.15, 0.2) is 0 Å². The predicted octanol–water partition coefficient (Wildman–Crippen LogP) is 2.91. The topological polar surface area (TPSA) is 0 Å². The molecule has 0 radical (unpaired) electrons. The largest absolute Gasteiger partial charge is 0.418 e. The third kappa shape index (κ3) is 1.99. The number of hydrogen-bond acceptors (Lipinski definition) is 0. The molecule has 0 aromatic heterocycles. The van der Waals surface area contributed by atoms with Gasteiger partial charge in [-0.05, 0) is 22.6 Å². The Bertz CT molecular complexity index is 254. The van der Waals surface area contributed by atoms with E-state index in [4.69, 9.17) is 0 Å². The molecule has 0 fully saturated rings. The van der Waals surface area contributed by atoms with E-state index in [1.807, 2.05) is 0 Å². The van der Waals surface area contributed by atoms with Crippen molar-refractivity contribution in [2.75, 3.05) is 0 Å². The summed E-state index contributed by atoms with van der Waals surface area (Å²) >= 11 is 1.61. The van der Waals surface area contributed by atoms with Gasteiger partial charge < -0.3 is 0 Å². The maximum Gasteiger partial charge on any atom is 0.418 e. The third-order valence-corrected chi connectivity index (χ3v) is 1.95. The first kappa shape index (κ1) is 8.65. The van der Waals surface area contributed by atoms with Crippen molar-refractivity contribution in [2.45, 2.75) is 6.18 Å². The minimum atomic E-state index is -4.28. The fourth-order valence-corrected chi connectivity index (χ4v) is 1.20. The molecule has 4 heteroatoms. The first-order valence-corrected chi connectivity index (χ1v) is 3.74. The maximum atomic E-state index is 12.0. The summed E-state index contributed by atoms with van der Waals surface area (Å²) < 4.78 is 36.2. The number of alkyl halides is 3. The van der Waals surface area contributed by atoms with Gasteiger partial charge in [0.1, 0.15) is 0 Å². The molecule has 1 aromatic rings. The normalized spacial score (nSPS) is 10.9. The van der Waals surface area contributed by atoms with Crippen LogP contribution in [0.1, 0.15) is 5.56 Å². The second kappa shape index (κ2) is 2.89. The van der Waals surface area contributed by atoms with E-state index in [9.17, 15) is 13.2 Å². The van der Waals surface area contributed by atoms with E-state index in [0.717, 1.165) is 6.07 Å². The molecule has 0 saturated carbocycles. The van der Waals surface area contributed by atoms with Crippen LogP contribution in [0.2, 0.25) is 0 Å². The lowest BCUT2D eigenvalue weighted by molar-refractivity contribution is -0.138. The van der Waals surface area contributed by atoms with Gasteiger partial charge in [-0.1, -0.05) is 12.1 Å². The molecule has 0 nitrogen and oxygen atoms in total. The van der Waals surface area contributed by atoms with Crippen LogP contribution < -0.4 is 0 Å². The van der Waals surface area contributed by atoms with Gasteiger partial charge in [-0.2, -0.15) is 13.2 Å². The molecule has 0 bridgehead atoms. The minimum absolute atomic E-state index is 0.147. The Kier molecular flexibility index (Phi) is 2.28. The third-order valence-electron chi connectivity index (χ3n) is 1.06.